The summed E-state index contributed by atoms with van der Waals surface area (Å²) in [4.78, 5) is 14.6. The Hall–Kier alpha value is -1.90. The molecule has 6 heteroatoms. The highest BCUT2D eigenvalue weighted by Gasteiger charge is 2.43. The number of nitriles is 1. The van der Waals surface area contributed by atoms with Crippen LogP contribution in [-0.2, 0) is 17.9 Å². The average Bonchev–Trinajstić information content (AvgIpc) is 2.88. The van der Waals surface area contributed by atoms with E-state index in [4.69, 9.17) is 0 Å². The molecule has 6 nitrogen and oxygen atoms in total. The number of amides is 1. The first kappa shape index (κ1) is 13.1. The number of hydrogen-bond acceptors (Lipinski definition) is 4. The molecule has 0 unspecified atom stereocenters. The van der Waals surface area contributed by atoms with Crippen molar-refractivity contribution in [2.45, 2.75) is 52.1 Å². The van der Waals surface area contributed by atoms with Gasteiger partial charge >= 0.3 is 0 Å². The minimum absolute atomic E-state index is 0.00777. The van der Waals surface area contributed by atoms with Crippen molar-refractivity contribution in [3.8, 4) is 6.07 Å². The summed E-state index contributed by atoms with van der Waals surface area (Å²) in [6.45, 7) is 3.77. The monoisotopic (exact) mass is 273 g/mol. The molecule has 0 radical (unpaired) electrons. The third-order valence-corrected chi connectivity index (χ3v) is 4.56. The minimum atomic E-state index is -0.796. The van der Waals surface area contributed by atoms with Crippen LogP contribution in [0.5, 0.6) is 0 Å². The van der Waals surface area contributed by atoms with E-state index in [1.165, 1.54) is 0 Å². The van der Waals surface area contributed by atoms with E-state index in [1.807, 2.05) is 11.5 Å². The van der Waals surface area contributed by atoms with Gasteiger partial charge in [-0.15, -0.1) is 10.2 Å². The summed E-state index contributed by atoms with van der Waals surface area (Å²) in [6.07, 6.45) is 4.48. The number of fused-ring (bicyclic) bond motifs is 1. The Morgan fingerprint density at radius 3 is 2.70 bits per heavy atom. The van der Waals surface area contributed by atoms with Gasteiger partial charge in [-0.25, -0.2) is 0 Å². The molecule has 0 bridgehead atoms. The van der Waals surface area contributed by atoms with Crippen LogP contribution in [0.15, 0.2) is 0 Å². The molecule has 20 heavy (non-hydrogen) atoms. The molecule has 1 fully saturated rings. The zero-order chi connectivity index (χ0) is 14.2. The predicted molar refractivity (Wildman–Crippen MR) is 71.3 cm³/mol. The molecule has 0 saturated heterocycles. The van der Waals surface area contributed by atoms with E-state index in [-0.39, 0.29) is 5.91 Å². The van der Waals surface area contributed by atoms with E-state index in [0.717, 1.165) is 37.5 Å². The molecule has 3 rings (SSSR count). The van der Waals surface area contributed by atoms with Crippen molar-refractivity contribution in [1.29, 1.82) is 5.26 Å². The van der Waals surface area contributed by atoms with Crippen LogP contribution in [0.1, 0.15) is 43.8 Å². The molecule has 0 atom stereocenters. The molecular formula is C14H19N5O. The fourth-order valence-electron chi connectivity index (χ4n) is 3.31. The SMILES string of the molecule is Cc1nnc2n1CCN(C(=O)C1(C#N)CCCCC1)C2. The standard InChI is InChI=1S/C14H19N5O/c1-11-16-17-12-9-18(7-8-19(11)12)13(20)14(10-15)5-3-2-4-6-14/h2-9H2,1H3. The second kappa shape index (κ2) is 4.89. The van der Waals surface area contributed by atoms with Crippen LogP contribution < -0.4 is 0 Å². The van der Waals surface area contributed by atoms with Gasteiger partial charge in [0.1, 0.15) is 11.2 Å². The van der Waals surface area contributed by atoms with Crippen LogP contribution in [0.25, 0.3) is 0 Å². The summed E-state index contributed by atoms with van der Waals surface area (Å²) >= 11 is 0. The summed E-state index contributed by atoms with van der Waals surface area (Å²) in [7, 11) is 0. The molecule has 0 spiro atoms. The number of carbonyl (C=O) groups excluding carboxylic acids is 1. The van der Waals surface area contributed by atoms with Gasteiger partial charge in [-0.3, -0.25) is 4.79 Å². The van der Waals surface area contributed by atoms with Gasteiger partial charge in [-0.2, -0.15) is 5.26 Å². The van der Waals surface area contributed by atoms with Crippen LogP contribution in [0, 0.1) is 23.7 Å². The van der Waals surface area contributed by atoms with Crippen LogP contribution in [0.3, 0.4) is 0 Å². The predicted octanol–water partition coefficient (Wildman–Crippen LogP) is 1.40. The number of aromatic nitrogens is 3. The van der Waals surface area contributed by atoms with E-state index in [1.54, 1.807) is 4.90 Å². The molecule has 2 aliphatic rings. The number of nitrogens with zero attached hydrogens (tertiary/aromatic N) is 5. The molecule has 1 saturated carbocycles. The molecule has 1 aliphatic heterocycles. The highest BCUT2D eigenvalue weighted by Crippen LogP contribution is 2.38. The van der Waals surface area contributed by atoms with Crippen molar-refractivity contribution in [1.82, 2.24) is 19.7 Å². The van der Waals surface area contributed by atoms with Gasteiger partial charge < -0.3 is 9.47 Å². The van der Waals surface area contributed by atoms with Crippen LogP contribution in [0.2, 0.25) is 0 Å². The quantitative estimate of drug-likeness (QED) is 0.775. The van der Waals surface area contributed by atoms with Crippen molar-refractivity contribution < 1.29 is 4.79 Å². The fourth-order valence-corrected chi connectivity index (χ4v) is 3.31. The second-order valence-corrected chi connectivity index (χ2v) is 5.80. The molecular weight excluding hydrogens is 254 g/mol. The summed E-state index contributed by atoms with van der Waals surface area (Å²) in [6, 6.07) is 2.31. The number of hydrogen-bond donors (Lipinski definition) is 0. The molecule has 1 aromatic rings. The Morgan fingerprint density at radius 2 is 2.00 bits per heavy atom. The van der Waals surface area contributed by atoms with Gasteiger partial charge in [0.05, 0.1) is 12.6 Å². The summed E-state index contributed by atoms with van der Waals surface area (Å²) in [5.74, 6) is 1.71. The zero-order valence-electron chi connectivity index (χ0n) is 11.8. The van der Waals surface area contributed by atoms with E-state index in [9.17, 15) is 10.1 Å². The maximum Gasteiger partial charge on any atom is 0.243 e. The van der Waals surface area contributed by atoms with Crippen molar-refractivity contribution >= 4 is 5.91 Å². The van der Waals surface area contributed by atoms with Gasteiger partial charge in [0, 0.05) is 13.1 Å². The zero-order valence-corrected chi connectivity index (χ0v) is 11.8. The largest absolute Gasteiger partial charge is 0.332 e. The van der Waals surface area contributed by atoms with E-state index in [0.29, 0.717) is 25.9 Å². The van der Waals surface area contributed by atoms with Crippen LogP contribution in [-0.4, -0.2) is 32.1 Å². The second-order valence-electron chi connectivity index (χ2n) is 5.80. The van der Waals surface area contributed by atoms with Gasteiger partial charge in [0.2, 0.25) is 5.91 Å². The fraction of sp³-hybridized carbons (Fsp3) is 0.714. The van der Waals surface area contributed by atoms with Crippen LogP contribution >= 0.6 is 0 Å². The number of rotatable bonds is 1. The Kier molecular flexibility index (Phi) is 3.20. The Balaban J connectivity index is 1.80. The van der Waals surface area contributed by atoms with Gasteiger partial charge in [-0.05, 0) is 19.8 Å². The molecule has 1 aliphatic carbocycles. The lowest BCUT2D eigenvalue weighted by molar-refractivity contribution is -0.142. The van der Waals surface area contributed by atoms with E-state index < -0.39 is 5.41 Å². The smallest absolute Gasteiger partial charge is 0.243 e. The van der Waals surface area contributed by atoms with E-state index >= 15 is 0 Å². The van der Waals surface area contributed by atoms with Gasteiger partial charge in [0.25, 0.3) is 0 Å². The molecule has 0 aromatic carbocycles. The summed E-state index contributed by atoms with van der Waals surface area (Å²) in [5.41, 5.74) is -0.796. The highest BCUT2D eigenvalue weighted by molar-refractivity contribution is 5.85. The maximum absolute atomic E-state index is 12.8. The third-order valence-electron chi connectivity index (χ3n) is 4.56. The molecule has 2 heterocycles. The third kappa shape index (κ3) is 1.98. The first-order valence-electron chi connectivity index (χ1n) is 7.26. The molecule has 1 amide bonds. The van der Waals surface area contributed by atoms with Crippen molar-refractivity contribution in [2.75, 3.05) is 6.54 Å². The first-order chi connectivity index (χ1) is 9.66. The van der Waals surface area contributed by atoms with Gasteiger partial charge in [0.15, 0.2) is 5.82 Å². The normalized spacial score (nSPS) is 21.1. The lowest BCUT2D eigenvalue weighted by Crippen LogP contribution is -2.47. The Bertz CT molecular complexity index is 565. The molecule has 106 valence electrons. The Morgan fingerprint density at radius 1 is 1.25 bits per heavy atom. The van der Waals surface area contributed by atoms with Crippen LogP contribution in [0.4, 0.5) is 0 Å². The summed E-state index contributed by atoms with van der Waals surface area (Å²) in [5, 5.41) is 17.7. The maximum atomic E-state index is 12.8. The van der Waals surface area contributed by atoms with Crippen molar-refractivity contribution in [3.63, 3.8) is 0 Å². The minimum Gasteiger partial charge on any atom is -0.332 e. The number of aryl methyl sites for hydroxylation is 1. The molecule has 1 aromatic heterocycles. The van der Waals surface area contributed by atoms with Crippen molar-refractivity contribution in [3.05, 3.63) is 11.6 Å². The van der Waals surface area contributed by atoms with E-state index in [2.05, 4.69) is 16.3 Å². The lowest BCUT2D eigenvalue weighted by Gasteiger charge is -2.36. The molecule has 0 N–H and O–H groups in total. The first-order valence-corrected chi connectivity index (χ1v) is 7.26. The highest BCUT2D eigenvalue weighted by atomic mass is 16.2. The van der Waals surface area contributed by atoms with Gasteiger partial charge in [-0.1, -0.05) is 19.3 Å². The number of carbonyl (C=O) groups is 1. The van der Waals surface area contributed by atoms with Crippen molar-refractivity contribution in [2.24, 2.45) is 5.41 Å². The average molecular weight is 273 g/mol. The Labute approximate surface area is 118 Å². The topological polar surface area (TPSA) is 74.8 Å². The lowest BCUT2D eigenvalue weighted by atomic mass is 9.74. The summed E-state index contributed by atoms with van der Waals surface area (Å²) < 4.78 is 2.05.